The van der Waals surface area contributed by atoms with E-state index in [1.54, 1.807) is 0 Å². The summed E-state index contributed by atoms with van der Waals surface area (Å²) in [5.41, 5.74) is 0. The molecule has 1 fully saturated rings. The lowest BCUT2D eigenvalue weighted by molar-refractivity contribution is 0.167. The fraction of sp³-hybridized carbons (Fsp3) is 1.00. The summed E-state index contributed by atoms with van der Waals surface area (Å²) in [5.74, 6) is 1.74. The van der Waals surface area contributed by atoms with Crippen molar-refractivity contribution in [2.45, 2.75) is 40.5 Å². The number of hydrogen-bond donors (Lipinski definition) is 1. The second kappa shape index (κ2) is 9.17. The zero-order chi connectivity index (χ0) is 11.7. The van der Waals surface area contributed by atoms with Crippen LogP contribution in [0.25, 0.3) is 0 Å². The van der Waals surface area contributed by atoms with E-state index in [4.69, 9.17) is 0 Å². The molecule has 2 nitrogen and oxygen atoms in total. The van der Waals surface area contributed by atoms with Crippen LogP contribution in [0.3, 0.4) is 0 Å². The molecule has 15 heavy (non-hydrogen) atoms. The fourth-order valence-corrected chi connectivity index (χ4v) is 2.18. The molecule has 1 aliphatic heterocycles. The van der Waals surface area contributed by atoms with Gasteiger partial charge in [0, 0.05) is 6.54 Å². The van der Waals surface area contributed by atoms with E-state index in [-0.39, 0.29) is 0 Å². The molecule has 0 bridgehead atoms. The molecular weight excluding hydrogens is 184 g/mol. The second-order valence-electron chi connectivity index (χ2n) is 4.70. The highest BCUT2D eigenvalue weighted by atomic mass is 15.1. The van der Waals surface area contributed by atoms with Crippen LogP contribution in [0.4, 0.5) is 0 Å². The van der Waals surface area contributed by atoms with E-state index in [9.17, 15) is 0 Å². The van der Waals surface area contributed by atoms with Gasteiger partial charge >= 0.3 is 0 Å². The Morgan fingerprint density at radius 2 is 1.73 bits per heavy atom. The van der Waals surface area contributed by atoms with E-state index < -0.39 is 0 Å². The number of likely N-dealkylation sites (tertiary alicyclic amines) is 1. The Hall–Kier alpha value is -0.0800. The van der Waals surface area contributed by atoms with Gasteiger partial charge in [-0.1, -0.05) is 27.7 Å². The molecule has 0 saturated carbocycles. The van der Waals surface area contributed by atoms with Crippen molar-refractivity contribution in [3.63, 3.8) is 0 Å². The molecule has 1 aliphatic rings. The highest BCUT2D eigenvalue weighted by Crippen LogP contribution is 2.16. The molecule has 0 radical (unpaired) electrons. The Balaban J connectivity index is 0.000000921. The van der Waals surface area contributed by atoms with Gasteiger partial charge in [0.1, 0.15) is 0 Å². The molecule has 1 N–H and O–H groups in total. The van der Waals surface area contributed by atoms with Crippen LogP contribution in [-0.2, 0) is 0 Å². The van der Waals surface area contributed by atoms with Crippen molar-refractivity contribution in [1.82, 2.24) is 10.2 Å². The Labute approximate surface area is 96.4 Å². The maximum atomic E-state index is 3.27. The minimum atomic E-state index is 0.820. The molecule has 0 aromatic rings. The smallest absolute Gasteiger partial charge is 0.000439 e. The molecule has 0 atom stereocenters. The van der Waals surface area contributed by atoms with Crippen LogP contribution in [-0.4, -0.2) is 38.1 Å². The highest BCUT2D eigenvalue weighted by molar-refractivity contribution is 4.73. The highest BCUT2D eigenvalue weighted by Gasteiger charge is 2.18. The van der Waals surface area contributed by atoms with Crippen molar-refractivity contribution >= 4 is 0 Å². The summed E-state index contributed by atoms with van der Waals surface area (Å²) < 4.78 is 0. The summed E-state index contributed by atoms with van der Waals surface area (Å²) in [6.07, 6.45) is 2.76. The third-order valence-corrected chi connectivity index (χ3v) is 2.82. The van der Waals surface area contributed by atoms with Crippen LogP contribution in [0.1, 0.15) is 40.5 Å². The van der Waals surface area contributed by atoms with Crippen LogP contribution in [0.15, 0.2) is 0 Å². The maximum absolute atomic E-state index is 3.27. The average molecular weight is 214 g/mol. The van der Waals surface area contributed by atoms with E-state index in [0.717, 1.165) is 11.8 Å². The van der Waals surface area contributed by atoms with Crippen LogP contribution in [0.2, 0.25) is 0 Å². The van der Waals surface area contributed by atoms with Crippen molar-refractivity contribution in [2.24, 2.45) is 11.8 Å². The van der Waals surface area contributed by atoms with Gasteiger partial charge in [-0.05, 0) is 51.4 Å². The van der Waals surface area contributed by atoms with Crippen molar-refractivity contribution in [1.29, 1.82) is 0 Å². The Bertz CT molecular complexity index is 126. The lowest BCUT2D eigenvalue weighted by Crippen LogP contribution is -2.38. The first kappa shape index (κ1) is 14.9. The lowest BCUT2D eigenvalue weighted by atomic mass is 9.96. The predicted octanol–water partition coefficient (Wildman–Crippen LogP) is 2.60. The van der Waals surface area contributed by atoms with Gasteiger partial charge in [-0.2, -0.15) is 0 Å². The number of nitrogens with one attached hydrogen (secondary N) is 1. The summed E-state index contributed by atoms with van der Waals surface area (Å²) in [7, 11) is 2.06. The van der Waals surface area contributed by atoms with Gasteiger partial charge in [-0.3, -0.25) is 0 Å². The summed E-state index contributed by atoms with van der Waals surface area (Å²) in [6.45, 7) is 13.7. The summed E-state index contributed by atoms with van der Waals surface area (Å²) in [6, 6.07) is 0. The monoisotopic (exact) mass is 214 g/mol. The molecule has 1 saturated heterocycles. The Kier molecular flexibility index (Phi) is 9.12. The maximum Gasteiger partial charge on any atom is 0.000439 e. The number of nitrogens with zero attached hydrogens (tertiary/aromatic N) is 1. The van der Waals surface area contributed by atoms with Crippen LogP contribution >= 0.6 is 0 Å². The minimum absolute atomic E-state index is 0.820. The topological polar surface area (TPSA) is 15.3 Å². The molecule has 0 amide bonds. The molecule has 2 heteroatoms. The van der Waals surface area contributed by atoms with Crippen molar-refractivity contribution in [3.8, 4) is 0 Å². The minimum Gasteiger partial charge on any atom is -0.319 e. The number of hydrogen-bond acceptors (Lipinski definition) is 2. The third kappa shape index (κ3) is 6.91. The summed E-state index contributed by atoms with van der Waals surface area (Å²) in [4.78, 5) is 2.61. The quantitative estimate of drug-likeness (QED) is 0.774. The predicted molar refractivity (Wildman–Crippen MR) is 69.3 cm³/mol. The van der Waals surface area contributed by atoms with Crippen molar-refractivity contribution < 1.29 is 0 Å². The van der Waals surface area contributed by atoms with Gasteiger partial charge in [0.25, 0.3) is 0 Å². The first-order chi connectivity index (χ1) is 7.22. The fourth-order valence-electron chi connectivity index (χ4n) is 2.18. The van der Waals surface area contributed by atoms with E-state index in [1.807, 2.05) is 13.8 Å². The van der Waals surface area contributed by atoms with E-state index in [2.05, 4.69) is 31.1 Å². The van der Waals surface area contributed by atoms with Gasteiger partial charge in [0.05, 0.1) is 0 Å². The molecule has 0 aromatic carbocycles. The van der Waals surface area contributed by atoms with Gasteiger partial charge in [-0.15, -0.1) is 0 Å². The van der Waals surface area contributed by atoms with Gasteiger partial charge in [0.2, 0.25) is 0 Å². The van der Waals surface area contributed by atoms with Crippen molar-refractivity contribution in [3.05, 3.63) is 0 Å². The molecule has 0 aliphatic carbocycles. The van der Waals surface area contributed by atoms with Gasteiger partial charge in [0.15, 0.2) is 0 Å². The molecule has 0 aromatic heterocycles. The zero-order valence-electron chi connectivity index (χ0n) is 11.3. The SMILES string of the molecule is CC.CNCC1CCN(CC(C)C)CC1. The standard InChI is InChI=1S/C11H24N2.C2H6/c1-10(2)9-13-6-4-11(5-7-13)8-12-3;1-2/h10-12H,4-9H2,1-3H3;1-2H3. The van der Waals surface area contributed by atoms with Crippen LogP contribution < -0.4 is 5.32 Å². The normalized spacial score (nSPS) is 18.8. The largest absolute Gasteiger partial charge is 0.319 e. The molecule has 0 spiro atoms. The second-order valence-corrected chi connectivity index (χ2v) is 4.70. The van der Waals surface area contributed by atoms with Gasteiger partial charge in [-0.25, -0.2) is 0 Å². The number of rotatable bonds is 4. The molecular formula is C13H30N2. The molecule has 1 heterocycles. The lowest BCUT2D eigenvalue weighted by Gasteiger charge is -2.32. The third-order valence-electron chi connectivity index (χ3n) is 2.82. The molecule has 92 valence electrons. The van der Waals surface area contributed by atoms with E-state index in [1.165, 1.54) is 39.0 Å². The summed E-state index contributed by atoms with van der Waals surface area (Å²) in [5, 5.41) is 3.27. The number of piperidine rings is 1. The van der Waals surface area contributed by atoms with E-state index in [0.29, 0.717) is 0 Å². The van der Waals surface area contributed by atoms with Crippen LogP contribution in [0.5, 0.6) is 0 Å². The Morgan fingerprint density at radius 3 is 2.13 bits per heavy atom. The van der Waals surface area contributed by atoms with Gasteiger partial charge < -0.3 is 10.2 Å². The zero-order valence-corrected chi connectivity index (χ0v) is 11.3. The summed E-state index contributed by atoms with van der Waals surface area (Å²) >= 11 is 0. The first-order valence-electron chi connectivity index (χ1n) is 6.59. The first-order valence-corrected chi connectivity index (χ1v) is 6.59. The van der Waals surface area contributed by atoms with Crippen molar-refractivity contribution in [2.75, 3.05) is 33.2 Å². The Morgan fingerprint density at radius 1 is 1.20 bits per heavy atom. The molecule has 0 unspecified atom stereocenters. The van der Waals surface area contributed by atoms with Crippen LogP contribution in [0, 0.1) is 11.8 Å². The molecule has 1 rings (SSSR count). The van der Waals surface area contributed by atoms with E-state index >= 15 is 0 Å². The average Bonchev–Trinajstić information content (AvgIpc) is 2.24.